The van der Waals surface area contributed by atoms with Crippen LogP contribution in [0, 0.1) is 5.82 Å². The quantitative estimate of drug-likeness (QED) is 0.785. The van der Waals surface area contributed by atoms with Gasteiger partial charge in [-0.25, -0.2) is 9.38 Å². The first-order valence-electron chi connectivity index (χ1n) is 6.41. The van der Waals surface area contributed by atoms with Gasteiger partial charge in [0.05, 0.1) is 10.6 Å². The van der Waals surface area contributed by atoms with Crippen molar-refractivity contribution in [2.24, 2.45) is 4.99 Å². The number of carbonyl (C=O) groups excluding carboxylic acids is 1. The molecule has 1 fully saturated rings. The topological polar surface area (TPSA) is 41.5 Å². The molecule has 3 nitrogen and oxygen atoms in total. The van der Waals surface area contributed by atoms with E-state index >= 15 is 0 Å². The largest absolute Gasteiger partial charge is 0.300 e. The van der Waals surface area contributed by atoms with Crippen LogP contribution in [0.4, 0.5) is 10.1 Å². The molecule has 22 heavy (non-hydrogen) atoms. The molecule has 0 aromatic heterocycles. The van der Waals surface area contributed by atoms with Crippen molar-refractivity contribution in [2.45, 2.75) is 0 Å². The van der Waals surface area contributed by atoms with Crippen LogP contribution in [-0.4, -0.2) is 11.1 Å². The first-order chi connectivity index (χ1) is 10.6. The highest BCUT2D eigenvalue weighted by Crippen LogP contribution is 2.28. The number of nitrogens with zero attached hydrogens (tertiary/aromatic N) is 1. The molecule has 1 aliphatic heterocycles. The number of carbonyl (C=O) groups is 1. The average molecular weight is 377 g/mol. The molecule has 0 aliphatic carbocycles. The van der Waals surface area contributed by atoms with Crippen molar-refractivity contribution in [3.8, 4) is 0 Å². The Morgan fingerprint density at radius 1 is 1.18 bits per heavy atom. The molecule has 0 bridgehead atoms. The van der Waals surface area contributed by atoms with E-state index in [1.165, 1.54) is 23.9 Å². The minimum Gasteiger partial charge on any atom is -0.300 e. The lowest BCUT2D eigenvalue weighted by Crippen LogP contribution is -2.19. The third-order valence-electron chi connectivity index (χ3n) is 2.85. The number of thioether (sulfide) groups is 1. The van der Waals surface area contributed by atoms with E-state index in [1.54, 1.807) is 18.2 Å². The van der Waals surface area contributed by atoms with Gasteiger partial charge in [-0.1, -0.05) is 28.1 Å². The summed E-state index contributed by atoms with van der Waals surface area (Å²) in [6.45, 7) is 0. The van der Waals surface area contributed by atoms with E-state index < -0.39 is 0 Å². The lowest BCUT2D eigenvalue weighted by Gasteiger charge is -1.96. The van der Waals surface area contributed by atoms with E-state index in [9.17, 15) is 9.18 Å². The standard InChI is InChI=1S/C16H10BrFN2OS/c17-11-4-6-13(7-5-11)19-16-20-15(21)14(22-16)9-10-2-1-3-12(18)8-10/h1-9H,(H,19,20,21)/b14-9-. The molecule has 110 valence electrons. The first-order valence-corrected chi connectivity index (χ1v) is 8.02. The van der Waals surface area contributed by atoms with Gasteiger partial charge in [-0.2, -0.15) is 0 Å². The minimum atomic E-state index is -0.332. The van der Waals surface area contributed by atoms with Crippen molar-refractivity contribution in [3.05, 3.63) is 69.3 Å². The number of hydrogen-bond donors (Lipinski definition) is 1. The van der Waals surface area contributed by atoms with Gasteiger partial charge >= 0.3 is 0 Å². The smallest absolute Gasteiger partial charge is 0.264 e. The van der Waals surface area contributed by atoms with Gasteiger partial charge < -0.3 is 5.32 Å². The van der Waals surface area contributed by atoms with Crippen LogP contribution in [-0.2, 0) is 4.79 Å². The zero-order chi connectivity index (χ0) is 15.5. The summed E-state index contributed by atoms with van der Waals surface area (Å²) in [6, 6.07) is 13.5. The molecule has 1 aliphatic rings. The van der Waals surface area contributed by atoms with Gasteiger partial charge in [0, 0.05) is 4.47 Å². The molecule has 1 N–H and O–H groups in total. The summed E-state index contributed by atoms with van der Waals surface area (Å²) in [5.74, 6) is -0.563. The average Bonchev–Trinajstić information content (AvgIpc) is 2.81. The number of nitrogens with one attached hydrogen (secondary N) is 1. The van der Waals surface area contributed by atoms with Crippen molar-refractivity contribution in [1.82, 2.24) is 5.32 Å². The zero-order valence-electron chi connectivity index (χ0n) is 11.2. The molecule has 0 saturated carbocycles. The molecule has 2 aromatic rings. The molecular weight excluding hydrogens is 367 g/mol. The lowest BCUT2D eigenvalue weighted by molar-refractivity contribution is -0.115. The fraction of sp³-hybridized carbons (Fsp3) is 0. The minimum absolute atomic E-state index is 0.231. The number of halogens is 2. The van der Waals surface area contributed by atoms with Crippen LogP contribution in [0.15, 0.2) is 62.9 Å². The molecule has 3 rings (SSSR count). The van der Waals surface area contributed by atoms with E-state index in [0.717, 1.165) is 10.2 Å². The highest BCUT2D eigenvalue weighted by atomic mass is 79.9. The summed E-state index contributed by atoms with van der Waals surface area (Å²) in [5.41, 5.74) is 1.39. The molecule has 2 aromatic carbocycles. The maximum Gasteiger partial charge on any atom is 0.264 e. The summed E-state index contributed by atoms with van der Waals surface area (Å²) >= 11 is 4.59. The second-order valence-electron chi connectivity index (χ2n) is 4.51. The zero-order valence-corrected chi connectivity index (χ0v) is 13.6. The fourth-order valence-corrected chi connectivity index (χ4v) is 2.97. The SMILES string of the molecule is O=C1NC(=Nc2ccc(Br)cc2)S/C1=C\c1cccc(F)c1. The summed E-state index contributed by atoms with van der Waals surface area (Å²) in [5, 5.41) is 3.21. The molecule has 6 heteroatoms. The van der Waals surface area contributed by atoms with E-state index in [2.05, 4.69) is 26.2 Å². The Labute approximate surface area is 139 Å². The van der Waals surface area contributed by atoms with E-state index in [0.29, 0.717) is 15.6 Å². The number of hydrogen-bond acceptors (Lipinski definition) is 3. The van der Waals surface area contributed by atoms with Crippen molar-refractivity contribution < 1.29 is 9.18 Å². The van der Waals surface area contributed by atoms with Crippen LogP contribution in [0.1, 0.15) is 5.56 Å². The number of amides is 1. The molecule has 1 saturated heterocycles. The van der Waals surface area contributed by atoms with E-state index in [4.69, 9.17) is 0 Å². The van der Waals surface area contributed by atoms with Gasteiger partial charge in [-0.05, 0) is 59.8 Å². The summed E-state index contributed by atoms with van der Waals surface area (Å²) in [7, 11) is 0. The van der Waals surface area contributed by atoms with Crippen molar-refractivity contribution in [3.63, 3.8) is 0 Å². The molecule has 1 heterocycles. The number of aliphatic imine (C=N–C) groups is 1. The van der Waals surface area contributed by atoms with Crippen LogP contribution in [0.5, 0.6) is 0 Å². The molecule has 1 amide bonds. The second kappa shape index (κ2) is 6.46. The predicted molar refractivity (Wildman–Crippen MR) is 91.3 cm³/mol. The van der Waals surface area contributed by atoms with Gasteiger partial charge in [0.15, 0.2) is 5.17 Å². The monoisotopic (exact) mass is 376 g/mol. The third kappa shape index (κ3) is 3.64. The third-order valence-corrected chi connectivity index (χ3v) is 4.29. The number of benzene rings is 2. The fourth-order valence-electron chi connectivity index (χ4n) is 1.86. The highest BCUT2D eigenvalue weighted by molar-refractivity contribution is 9.10. The normalized spacial score (nSPS) is 18.0. The summed E-state index contributed by atoms with van der Waals surface area (Å²) in [6.07, 6.45) is 1.65. The van der Waals surface area contributed by atoms with Crippen molar-refractivity contribution >= 4 is 50.5 Å². The molecule has 0 spiro atoms. The van der Waals surface area contributed by atoms with Gasteiger partial charge in [-0.3, -0.25) is 4.79 Å². The van der Waals surface area contributed by atoms with Gasteiger partial charge in [0.1, 0.15) is 5.82 Å². The molecule has 0 radical (unpaired) electrons. The van der Waals surface area contributed by atoms with Crippen molar-refractivity contribution in [2.75, 3.05) is 0 Å². The molecule has 0 unspecified atom stereocenters. The molecule has 0 atom stereocenters. The van der Waals surface area contributed by atoms with Crippen LogP contribution < -0.4 is 5.32 Å². The Morgan fingerprint density at radius 2 is 1.95 bits per heavy atom. The van der Waals surface area contributed by atoms with Crippen LogP contribution in [0.25, 0.3) is 6.08 Å². The van der Waals surface area contributed by atoms with E-state index in [-0.39, 0.29) is 11.7 Å². The van der Waals surface area contributed by atoms with Crippen LogP contribution >= 0.6 is 27.7 Å². The van der Waals surface area contributed by atoms with Crippen LogP contribution in [0.2, 0.25) is 0 Å². The Kier molecular flexibility index (Phi) is 4.40. The summed E-state index contributed by atoms with van der Waals surface area (Å²) in [4.78, 5) is 16.8. The van der Waals surface area contributed by atoms with Crippen LogP contribution in [0.3, 0.4) is 0 Å². The maximum atomic E-state index is 13.2. The van der Waals surface area contributed by atoms with Crippen molar-refractivity contribution in [1.29, 1.82) is 0 Å². The van der Waals surface area contributed by atoms with Gasteiger partial charge in [0.25, 0.3) is 5.91 Å². The van der Waals surface area contributed by atoms with E-state index in [1.807, 2.05) is 24.3 Å². The lowest BCUT2D eigenvalue weighted by atomic mass is 10.2. The Bertz CT molecular complexity index is 787. The number of amidine groups is 1. The Hall–Kier alpha value is -1.92. The Balaban J connectivity index is 1.82. The predicted octanol–water partition coefficient (Wildman–Crippen LogP) is 4.48. The number of rotatable bonds is 2. The second-order valence-corrected chi connectivity index (χ2v) is 6.46. The molecular formula is C16H10BrFN2OS. The highest BCUT2D eigenvalue weighted by Gasteiger charge is 2.23. The summed E-state index contributed by atoms with van der Waals surface area (Å²) < 4.78 is 14.1. The van der Waals surface area contributed by atoms with Gasteiger partial charge in [-0.15, -0.1) is 0 Å². The Morgan fingerprint density at radius 3 is 2.68 bits per heavy atom. The maximum absolute atomic E-state index is 13.2. The van der Waals surface area contributed by atoms with Gasteiger partial charge in [0.2, 0.25) is 0 Å². The first kappa shape index (κ1) is 15.0.